The van der Waals surface area contributed by atoms with Crippen LogP contribution in [0.15, 0.2) is 53.4 Å². The lowest BCUT2D eigenvalue weighted by Crippen LogP contribution is -2.42. The Morgan fingerprint density at radius 3 is 2.50 bits per heavy atom. The molecule has 2 aromatic carbocycles. The van der Waals surface area contributed by atoms with Crippen LogP contribution in [0, 0.1) is 23.0 Å². The first-order chi connectivity index (χ1) is 14.3. The molecular formula is C20H23N3O6S. The second-order valence-corrected chi connectivity index (χ2v) is 8.91. The number of carbonyl (C=O) groups is 1. The summed E-state index contributed by atoms with van der Waals surface area (Å²) in [4.78, 5) is 24.1. The van der Waals surface area contributed by atoms with Crippen LogP contribution in [0.2, 0.25) is 0 Å². The molecule has 1 fully saturated rings. The van der Waals surface area contributed by atoms with E-state index in [4.69, 9.17) is 4.74 Å². The van der Waals surface area contributed by atoms with Crippen molar-refractivity contribution in [3.63, 3.8) is 0 Å². The van der Waals surface area contributed by atoms with Crippen molar-refractivity contribution in [1.29, 1.82) is 0 Å². The highest BCUT2D eigenvalue weighted by atomic mass is 32.2. The van der Waals surface area contributed by atoms with Crippen molar-refractivity contribution in [1.82, 2.24) is 9.62 Å². The summed E-state index contributed by atoms with van der Waals surface area (Å²) in [5.74, 6) is 0.532. The van der Waals surface area contributed by atoms with Gasteiger partial charge in [0.1, 0.15) is 5.75 Å². The molecule has 0 aliphatic carbocycles. The first-order valence-electron chi connectivity index (χ1n) is 9.53. The van der Waals surface area contributed by atoms with E-state index in [-0.39, 0.29) is 23.0 Å². The third-order valence-corrected chi connectivity index (χ3v) is 6.62. The van der Waals surface area contributed by atoms with Gasteiger partial charge in [-0.15, -0.1) is 0 Å². The molecule has 1 saturated heterocycles. The van der Waals surface area contributed by atoms with Crippen LogP contribution in [0.1, 0.15) is 18.4 Å². The summed E-state index contributed by atoms with van der Waals surface area (Å²) < 4.78 is 33.1. The second kappa shape index (κ2) is 9.23. The standard InChI is InChI=1S/C20H23N3O6S/c1-15-7-8-17(23(25)26)13-19(15)30(27,28)21-14-16-9-11-22(12-10-16)20(24)29-18-5-3-2-4-6-18/h2-8,13,16,21H,9-12,14H2,1H3. The molecule has 30 heavy (non-hydrogen) atoms. The fourth-order valence-corrected chi connectivity index (χ4v) is 4.65. The zero-order valence-corrected chi connectivity index (χ0v) is 17.3. The monoisotopic (exact) mass is 433 g/mol. The van der Waals surface area contributed by atoms with Crippen molar-refractivity contribution >= 4 is 21.8 Å². The van der Waals surface area contributed by atoms with E-state index in [2.05, 4.69) is 4.72 Å². The van der Waals surface area contributed by atoms with Crippen molar-refractivity contribution in [2.24, 2.45) is 5.92 Å². The maximum atomic E-state index is 12.6. The number of piperidine rings is 1. The number of hydrogen-bond acceptors (Lipinski definition) is 6. The molecule has 0 aromatic heterocycles. The molecule has 0 bridgehead atoms. The number of hydrogen-bond donors (Lipinski definition) is 1. The SMILES string of the molecule is Cc1ccc([N+](=O)[O-])cc1S(=O)(=O)NCC1CCN(C(=O)Oc2ccccc2)CC1. The molecule has 1 amide bonds. The van der Waals surface area contributed by atoms with Gasteiger partial charge in [-0.3, -0.25) is 10.1 Å². The van der Waals surface area contributed by atoms with E-state index < -0.39 is 21.0 Å². The topological polar surface area (TPSA) is 119 Å². The Labute approximate surface area is 174 Å². The summed E-state index contributed by atoms with van der Waals surface area (Å²) in [7, 11) is -3.88. The number of likely N-dealkylation sites (tertiary alicyclic amines) is 1. The maximum absolute atomic E-state index is 12.6. The van der Waals surface area contributed by atoms with Crippen LogP contribution >= 0.6 is 0 Å². The minimum Gasteiger partial charge on any atom is -0.410 e. The van der Waals surface area contributed by atoms with Crippen LogP contribution < -0.4 is 9.46 Å². The van der Waals surface area contributed by atoms with Crippen molar-refractivity contribution in [3.05, 3.63) is 64.2 Å². The van der Waals surface area contributed by atoms with E-state index in [9.17, 15) is 23.3 Å². The van der Waals surface area contributed by atoms with Gasteiger partial charge in [-0.2, -0.15) is 0 Å². The van der Waals surface area contributed by atoms with Gasteiger partial charge in [-0.1, -0.05) is 24.3 Å². The third kappa shape index (κ3) is 5.33. The van der Waals surface area contributed by atoms with Gasteiger partial charge in [-0.05, 0) is 43.4 Å². The average molecular weight is 433 g/mol. The molecule has 0 atom stereocenters. The van der Waals surface area contributed by atoms with Crippen LogP contribution in [0.25, 0.3) is 0 Å². The van der Waals surface area contributed by atoms with Gasteiger partial charge in [0.2, 0.25) is 10.0 Å². The van der Waals surface area contributed by atoms with E-state index in [1.807, 2.05) is 6.07 Å². The Hall–Kier alpha value is -2.98. The fourth-order valence-electron chi connectivity index (χ4n) is 3.27. The van der Waals surface area contributed by atoms with Crippen LogP contribution in [0.4, 0.5) is 10.5 Å². The lowest BCUT2D eigenvalue weighted by Gasteiger charge is -2.31. The smallest absolute Gasteiger partial charge is 0.410 e. The number of rotatable bonds is 6. The number of nitrogens with one attached hydrogen (secondary N) is 1. The van der Waals surface area contributed by atoms with Crippen molar-refractivity contribution < 1.29 is 22.9 Å². The molecule has 160 valence electrons. The third-order valence-electron chi connectivity index (χ3n) is 5.06. The lowest BCUT2D eigenvalue weighted by atomic mass is 9.97. The zero-order chi connectivity index (χ0) is 21.7. The van der Waals surface area contributed by atoms with Gasteiger partial charge < -0.3 is 9.64 Å². The molecule has 0 radical (unpaired) electrons. The van der Waals surface area contributed by atoms with E-state index in [0.29, 0.717) is 37.2 Å². The fraction of sp³-hybridized carbons (Fsp3) is 0.350. The van der Waals surface area contributed by atoms with Gasteiger partial charge in [0.05, 0.1) is 9.82 Å². The molecule has 0 unspecified atom stereocenters. The van der Waals surface area contributed by atoms with Gasteiger partial charge >= 0.3 is 6.09 Å². The Morgan fingerprint density at radius 2 is 1.87 bits per heavy atom. The van der Waals surface area contributed by atoms with Crippen LogP contribution in [-0.2, 0) is 10.0 Å². The molecule has 10 heteroatoms. The van der Waals surface area contributed by atoms with Gasteiger partial charge in [0, 0.05) is 31.8 Å². The lowest BCUT2D eigenvalue weighted by molar-refractivity contribution is -0.385. The molecule has 1 aliphatic rings. The van der Waals surface area contributed by atoms with Crippen molar-refractivity contribution in [2.75, 3.05) is 19.6 Å². The van der Waals surface area contributed by atoms with Gasteiger partial charge in [0.25, 0.3) is 5.69 Å². The molecule has 9 nitrogen and oxygen atoms in total. The largest absolute Gasteiger partial charge is 0.415 e. The molecule has 1 heterocycles. The number of aryl methyl sites for hydroxylation is 1. The molecular weight excluding hydrogens is 410 g/mol. The summed E-state index contributed by atoms with van der Waals surface area (Å²) in [5.41, 5.74) is 0.165. The normalized spacial score (nSPS) is 15.0. The summed E-state index contributed by atoms with van der Waals surface area (Å²) in [6.07, 6.45) is 0.827. The Kier molecular flexibility index (Phi) is 6.68. The molecule has 3 rings (SSSR count). The number of para-hydroxylation sites is 1. The predicted molar refractivity (Wildman–Crippen MR) is 110 cm³/mol. The quantitative estimate of drug-likeness (QED) is 0.552. The first-order valence-corrected chi connectivity index (χ1v) is 11.0. The summed E-state index contributed by atoms with van der Waals surface area (Å²) in [5, 5.41) is 10.9. The van der Waals surface area contributed by atoms with Crippen LogP contribution in [-0.4, -0.2) is 44.0 Å². The number of sulfonamides is 1. The summed E-state index contributed by atoms with van der Waals surface area (Å²) in [6.45, 7) is 2.73. The number of amides is 1. The molecule has 2 aromatic rings. The van der Waals surface area contributed by atoms with E-state index in [0.717, 1.165) is 6.07 Å². The van der Waals surface area contributed by atoms with Gasteiger partial charge in [-0.25, -0.2) is 17.9 Å². The first kappa shape index (κ1) is 21.7. The number of nitro benzene ring substituents is 1. The molecule has 0 saturated carbocycles. The zero-order valence-electron chi connectivity index (χ0n) is 16.5. The minimum atomic E-state index is -3.88. The van der Waals surface area contributed by atoms with Crippen molar-refractivity contribution in [3.8, 4) is 5.75 Å². The Morgan fingerprint density at radius 1 is 1.20 bits per heavy atom. The van der Waals surface area contributed by atoms with E-state index in [1.54, 1.807) is 36.1 Å². The van der Waals surface area contributed by atoms with Gasteiger partial charge in [0.15, 0.2) is 0 Å². The number of non-ortho nitro benzene ring substituents is 1. The van der Waals surface area contributed by atoms with Crippen LogP contribution in [0.3, 0.4) is 0 Å². The summed E-state index contributed by atoms with van der Waals surface area (Å²) in [6, 6.07) is 12.6. The summed E-state index contributed by atoms with van der Waals surface area (Å²) >= 11 is 0. The number of nitrogens with zero attached hydrogens (tertiary/aromatic N) is 2. The van der Waals surface area contributed by atoms with E-state index >= 15 is 0 Å². The molecule has 1 N–H and O–H groups in total. The Balaban J connectivity index is 1.53. The highest BCUT2D eigenvalue weighted by Gasteiger charge is 2.26. The second-order valence-electron chi connectivity index (χ2n) is 7.17. The van der Waals surface area contributed by atoms with E-state index in [1.165, 1.54) is 12.1 Å². The highest BCUT2D eigenvalue weighted by Crippen LogP contribution is 2.23. The highest BCUT2D eigenvalue weighted by molar-refractivity contribution is 7.89. The van der Waals surface area contributed by atoms with Crippen molar-refractivity contribution in [2.45, 2.75) is 24.7 Å². The Bertz CT molecular complexity index is 1020. The number of ether oxygens (including phenoxy) is 1. The molecule has 1 aliphatic heterocycles. The minimum absolute atomic E-state index is 0.0551. The molecule has 0 spiro atoms. The number of nitro groups is 1. The average Bonchev–Trinajstić information content (AvgIpc) is 2.73. The predicted octanol–water partition coefficient (Wildman–Crippen LogP) is 3.09. The number of carbonyl (C=O) groups excluding carboxylic acids is 1. The number of benzene rings is 2. The van der Waals surface area contributed by atoms with Crippen LogP contribution in [0.5, 0.6) is 5.75 Å². The maximum Gasteiger partial charge on any atom is 0.415 e.